The molecule has 1 fully saturated rings. The number of hydrogen-bond acceptors (Lipinski definition) is 5. The van der Waals surface area contributed by atoms with E-state index in [1.807, 2.05) is 31.2 Å². The standard InChI is InChI=1S/C18H21FN4O2/c1-2-25-15-9-3-12(4-10-15)11-16-17(24)21-18(23-22-16)20-14-7-5-13(19)6-8-14/h3-10,16,18,20,22-23H,2,11H2,1H3,(H,21,24). The Labute approximate surface area is 145 Å². The zero-order chi connectivity index (χ0) is 17.6. The lowest BCUT2D eigenvalue weighted by Gasteiger charge is -2.32. The third kappa shape index (κ3) is 4.68. The van der Waals surface area contributed by atoms with E-state index in [1.54, 1.807) is 12.1 Å². The molecule has 2 unspecified atom stereocenters. The quantitative estimate of drug-likeness (QED) is 0.643. The molecular weight excluding hydrogens is 323 g/mol. The lowest BCUT2D eigenvalue weighted by Crippen LogP contribution is -2.68. The van der Waals surface area contributed by atoms with Gasteiger partial charge in [-0.3, -0.25) is 4.79 Å². The number of hydrogen-bond donors (Lipinski definition) is 4. The largest absolute Gasteiger partial charge is 0.494 e. The average molecular weight is 344 g/mol. The van der Waals surface area contributed by atoms with Crippen molar-refractivity contribution in [1.82, 2.24) is 16.2 Å². The molecule has 1 heterocycles. The van der Waals surface area contributed by atoms with Crippen LogP contribution < -0.4 is 26.2 Å². The van der Waals surface area contributed by atoms with Gasteiger partial charge in [0.05, 0.1) is 6.61 Å². The number of ether oxygens (including phenoxy) is 1. The van der Waals surface area contributed by atoms with Crippen molar-refractivity contribution >= 4 is 11.6 Å². The van der Waals surface area contributed by atoms with Crippen LogP contribution in [-0.4, -0.2) is 24.8 Å². The van der Waals surface area contributed by atoms with E-state index in [0.29, 0.717) is 18.7 Å². The van der Waals surface area contributed by atoms with E-state index < -0.39 is 6.29 Å². The van der Waals surface area contributed by atoms with Gasteiger partial charge >= 0.3 is 0 Å². The fourth-order valence-corrected chi connectivity index (χ4v) is 2.58. The normalized spacial score (nSPS) is 20.0. The lowest BCUT2D eigenvalue weighted by molar-refractivity contribution is -0.126. The summed E-state index contributed by atoms with van der Waals surface area (Å²) in [7, 11) is 0. The summed E-state index contributed by atoms with van der Waals surface area (Å²) >= 11 is 0. The van der Waals surface area contributed by atoms with Crippen molar-refractivity contribution in [3.63, 3.8) is 0 Å². The van der Waals surface area contributed by atoms with Gasteiger partial charge in [-0.05, 0) is 55.3 Å². The molecule has 25 heavy (non-hydrogen) atoms. The third-order valence-electron chi connectivity index (χ3n) is 3.83. The summed E-state index contributed by atoms with van der Waals surface area (Å²) in [5, 5.41) is 5.90. The van der Waals surface area contributed by atoms with Crippen LogP contribution in [0, 0.1) is 5.82 Å². The first kappa shape index (κ1) is 17.2. The highest BCUT2D eigenvalue weighted by Gasteiger charge is 2.27. The van der Waals surface area contributed by atoms with Crippen molar-refractivity contribution in [3.05, 3.63) is 59.9 Å². The van der Waals surface area contributed by atoms with E-state index in [4.69, 9.17) is 4.74 Å². The SMILES string of the molecule is CCOc1ccc(CC2NNC(Nc3ccc(F)cc3)NC2=O)cc1. The van der Waals surface area contributed by atoms with Crippen LogP contribution in [0.5, 0.6) is 5.75 Å². The highest BCUT2D eigenvalue weighted by Crippen LogP contribution is 2.14. The number of rotatable bonds is 6. The number of hydrazine groups is 1. The summed E-state index contributed by atoms with van der Waals surface area (Å²) in [5.74, 6) is 0.390. The molecule has 4 N–H and O–H groups in total. The topological polar surface area (TPSA) is 74.4 Å². The van der Waals surface area contributed by atoms with Gasteiger partial charge < -0.3 is 15.4 Å². The molecule has 2 aromatic carbocycles. The molecule has 132 valence electrons. The lowest BCUT2D eigenvalue weighted by atomic mass is 10.1. The van der Waals surface area contributed by atoms with E-state index in [0.717, 1.165) is 11.3 Å². The second kappa shape index (κ2) is 7.96. The maximum Gasteiger partial charge on any atom is 0.241 e. The molecular formula is C18H21FN4O2. The fraction of sp³-hybridized carbons (Fsp3) is 0.278. The Morgan fingerprint density at radius 3 is 2.44 bits per heavy atom. The molecule has 1 amide bonds. The third-order valence-corrected chi connectivity index (χ3v) is 3.83. The summed E-state index contributed by atoms with van der Waals surface area (Å²) in [4.78, 5) is 12.3. The molecule has 1 aliphatic rings. The number of nitrogens with one attached hydrogen (secondary N) is 4. The van der Waals surface area contributed by atoms with Crippen LogP contribution in [0.1, 0.15) is 12.5 Å². The Hall–Kier alpha value is -2.64. The van der Waals surface area contributed by atoms with Crippen molar-refractivity contribution in [3.8, 4) is 5.75 Å². The second-order valence-electron chi connectivity index (χ2n) is 5.72. The van der Waals surface area contributed by atoms with Crippen LogP contribution in [-0.2, 0) is 11.2 Å². The molecule has 0 bridgehead atoms. The Kier molecular flexibility index (Phi) is 5.47. The maximum atomic E-state index is 12.9. The molecule has 0 spiro atoms. The highest BCUT2D eigenvalue weighted by molar-refractivity contribution is 5.83. The minimum Gasteiger partial charge on any atom is -0.494 e. The summed E-state index contributed by atoms with van der Waals surface area (Å²) in [6.45, 7) is 2.56. The van der Waals surface area contributed by atoms with Crippen LogP contribution in [0.15, 0.2) is 48.5 Å². The van der Waals surface area contributed by atoms with Gasteiger partial charge in [-0.2, -0.15) is 0 Å². The van der Waals surface area contributed by atoms with Crippen LogP contribution in [0.2, 0.25) is 0 Å². The summed E-state index contributed by atoms with van der Waals surface area (Å²) in [6.07, 6.45) is 0.0728. The number of halogens is 1. The van der Waals surface area contributed by atoms with Gasteiger partial charge in [-0.1, -0.05) is 12.1 Å². The monoisotopic (exact) mass is 344 g/mol. The average Bonchev–Trinajstić information content (AvgIpc) is 2.61. The minimum atomic E-state index is -0.477. The molecule has 3 rings (SSSR count). The first-order valence-corrected chi connectivity index (χ1v) is 8.19. The van der Waals surface area contributed by atoms with Gasteiger partial charge in [0.1, 0.15) is 17.6 Å². The molecule has 2 aromatic rings. The van der Waals surface area contributed by atoms with Gasteiger partial charge in [0.25, 0.3) is 0 Å². The van der Waals surface area contributed by atoms with E-state index in [2.05, 4.69) is 21.5 Å². The molecule has 1 aliphatic heterocycles. The number of benzene rings is 2. The Morgan fingerprint density at radius 2 is 1.80 bits per heavy atom. The van der Waals surface area contributed by atoms with Crippen molar-refractivity contribution in [1.29, 1.82) is 0 Å². The van der Waals surface area contributed by atoms with Crippen molar-refractivity contribution < 1.29 is 13.9 Å². The van der Waals surface area contributed by atoms with Crippen molar-refractivity contribution in [2.24, 2.45) is 0 Å². The highest BCUT2D eigenvalue weighted by atomic mass is 19.1. The molecule has 1 saturated heterocycles. The second-order valence-corrected chi connectivity index (χ2v) is 5.72. The smallest absolute Gasteiger partial charge is 0.241 e. The number of amides is 1. The Balaban J connectivity index is 1.53. The zero-order valence-electron chi connectivity index (χ0n) is 13.9. The van der Waals surface area contributed by atoms with E-state index in [-0.39, 0.29) is 17.8 Å². The van der Waals surface area contributed by atoms with E-state index >= 15 is 0 Å². The van der Waals surface area contributed by atoms with Crippen molar-refractivity contribution in [2.75, 3.05) is 11.9 Å². The van der Waals surface area contributed by atoms with Crippen LogP contribution in [0.25, 0.3) is 0 Å². The van der Waals surface area contributed by atoms with E-state index in [1.165, 1.54) is 12.1 Å². The number of anilines is 1. The van der Waals surface area contributed by atoms with Gasteiger partial charge in [-0.15, -0.1) is 0 Å². The molecule has 7 heteroatoms. The molecule has 0 aliphatic carbocycles. The maximum absolute atomic E-state index is 12.9. The zero-order valence-corrected chi connectivity index (χ0v) is 13.9. The van der Waals surface area contributed by atoms with Crippen LogP contribution in [0.4, 0.5) is 10.1 Å². The minimum absolute atomic E-state index is 0.118. The predicted molar refractivity (Wildman–Crippen MR) is 93.3 cm³/mol. The number of carbonyl (C=O) groups is 1. The van der Waals surface area contributed by atoms with Crippen LogP contribution in [0.3, 0.4) is 0 Å². The summed E-state index contributed by atoms with van der Waals surface area (Å²) in [6, 6.07) is 13.2. The Bertz CT molecular complexity index is 706. The first-order valence-electron chi connectivity index (χ1n) is 8.19. The Morgan fingerprint density at radius 1 is 1.08 bits per heavy atom. The van der Waals surface area contributed by atoms with E-state index in [9.17, 15) is 9.18 Å². The summed E-state index contributed by atoms with van der Waals surface area (Å²) < 4.78 is 18.3. The first-order chi connectivity index (χ1) is 12.1. The van der Waals surface area contributed by atoms with Crippen molar-refractivity contribution in [2.45, 2.75) is 25.7 Å². The molecule has 6 nitrogen and oxygen atoms in total. The molecule has 0 saturated carbocycles. The van der Waals surface area contributed by atoms with Gasteiger partial charge in [0.15, 0.2) is 6.29 Å². The molecule has 0 radical (unpaired) electrons. The predicted octanol–water partition coefficient (Wildman–Crippen LogP) is 1.76. The summed E-state index contributed by atoms with van der Waals surface area (Å²) in [5.41, 5.74) is 7.74. The molecule has 0 aromatic heterocycles. The fourth-order valence-electron chi connectivity index (χ4n) is 2.58. The van der Waals surface area contributed by atoms with Gasteiger partial charge in [-0.25, -0.2) is 15.2 Å². The van der Waals surface area contributed by atoms with Crippen LogP contribution >= 0.6 is 0 Å². The number of carbonyl (C=O) groups excluding carboxylic acids is 1. The van der Waals surface area contributed by atoms with Gasteiger partial charge in [0, 0.05) is 5.69 Å². The molecule has 2 atom stereocenters. The van der Waals surface area contributed by atoms with Gasteiger partial charge in [0.2, 0.25) is 5.91 Å².